The molecule has 0 heterocycles. The van der Waals surface area contributed by atoms with Crippen molar-refractivity contribution in [3.63, 3.8) is 0 Å². The summed E-state index contributed by atoms with van der Waals surface area (Å²) in [5.74, 6) is 0. The summed E-state index contributed by atoms with van der Waals surface area (Å²) < 4.78 is 328. The van der Waals surface area contributed by atoms with E-state index in [1.807, 2.05) is 0 Å². The molecule has 0 fully saturated rings. The fourth-order valence-electron chi connectivity index (χ4n) is 0. The molecule has 0 rings (SSSR count). The number of hydrogen-bond acceptors (Lipinski definition) is 30. The first-order valence-corrected chi connectivity index (χ1v) is 20.5. The van der Waals surface area contributed by atoms with E-state index in [9.17, 15) is 0 Å². The zero-order chi connectivity index (χ0) is 45.0. The quantitative estimate of drug-likeness (QED) is 0.0795. The van der Waals surface area contributed by atoms with Gasteiger partial charge in [0.25, 0.3) is 0 Å². The van der Waals surface area contributed by atoms with Crippen LogP contribution in [0.2, 0.25) is 0 Å². The van der Waals surface area contributed by atoms with Gasteiger partial charge in [0.15, 0.2) is 0 Å². The van der Waals surface area contributed by atoms with Crippen LogP contribution in [0, 0.1) is 0 Å². The molecule has 60 heteroatoms. The van der Waals surface area contributed by atoms with Crippen LogP contribution in [-0.4, -0.2) is 175 Å². The summed E-state index contributed by atoms with van der Waals surface area (Å²) >= 11 is 0. The zero-order valence-electron chi connectivity index (χ0n) is 30.8. The summed E-state index contributed by atoms with van der Waals surface area (Å²) in [7, 11) is -49.2. The molecule has 40 nitrogen and oxygen atoms in total. The second kappa shape index (κ2) is 74.3. The maximum atomic E-state index is 8.74. The Hall–Kier alpha value is 19.2. The van der Waals surface area contributed by atoms with Crippen molar-refractivity contribution >= 4 is 104 Å². The van der Waals surface area contributed by atoms with Crippen molar-refractivity contribution in [3.05, 3.63) is 0 Å². The SMILES string of the molecule is O=S(=O)(O)O.O=S(=O)(O)O.O=S(=O)(O)O.O=S(=O)(O)O.O=S(=O)(O)O.O=S(=O)([O-])[O-].O=S(=O)([O-])[O-].O=S(=O)([O-])[O-].O=S(=O)([O-])[O-].O=S(=O)([O-])[O-].[Cs+].[Cs+].[Cs+].[Cs+].[Cs+].[Cs+].[Cs+].[Cs+].[Cs+].[Cs+]. The van der Waals surface area contributed by atoms with Crippen molar-refractivity contribution in [1.29, 1.82) is 0 Å². The maximum absolute atomic E-state index is 8.74. The Balaban J connectivity index is -0.0000000162. The Labute approximate surface area is 931 Å². The summed E-state index contributed by atoms with van der Waals surface area (Å²) in [4.78, 5) is 0. The van der Waals surface area contributed by atoms with Crippen LogP contribution in [0.1, 0.15) is 0 Å². The van der Waals surface area contributed by atoms with Crippen molar-refractivity contribution in [1.82, 2.24) is 0 Å². The molecule has 0 atom stereocenters. The Morgan fingerprint density at radius 1 is 0.167 bits per heavy atom. The van der Waals surface area contributed by atoms with Crippen LogP contribution in [0.15, 0.2) is 0 Å². The topological polar surface area (TPSA) is 774 Å². The van der Waals surface area contributed by atoms with E-state index in [2.05, 4.69) is 0 Å². The molecule has 60 heavy (non-hydrogen) atoms. The Morgan fingerprint density at radius 2 is 0.167 bits per heavy atom. The smallest absolute Gasteiger partial charge is 0.759 e. The van der Waals surface area contributed by atoms with Crippen LogP contribution in [0.4, 0.5) is 0 Å². The fourth-order valence-corrected chi connectivity index (χ4v) is 0. The van der Waals surface area contributed by atoms with Gasteiger partial charge in [-0.3, -0.25) is 87.6 Å². The third-order valence-electron chi connectivity index (χ3n) is 0. The van der Waals surface area contributed by atoms with E-state index < -0.39 is 104 Å². The second-order valence-electron chi connectivity index (χ2n) is 4.28. The molecule has 0 saturated carbocycles. The third-order valence-corrected chi connectivity index (χ3v) is 0. The molecule has 0 aliphatic rings. The van der Waals surface area contributed by atoms with Crippen LogP contribution < -0.4 is 689 Å². The van der Waals surface area contributed by atoms with Crippen molar-refractivity contribution in [2.24, 2.45) is 0 Å². The largest absolute Gasteiger partial charge is 1.00 e. The molecule has 0 amide bonds. The van der Waals surface area contributed by atoms with Gasteiger partial charge in [0.1, 0.15) is 0 Å². The minimum atomic E-state index is -5.17. The molecule has 0 aromatic rings. The van der Waals surface area contributed by atoms with Crippen molar-refractivity contribution in [3.8, 4) is 0 Å². The van der Waals surface area contributed by atoms with E-state index in [4.69, 9.17) is 175 Å². The molecule has 0 aliphatic heterocycles. The van der Waals surface area contributed by atoms with Gasteiger partial charge in [0, 0.05) is 52.0 Å². The van der Waals surface area contributed by atoms with Crippen molar-refractivity contribution in [2.75, 3.05) is 0 Å². The fraction of sp³-hybridized carbons (Fsp3) is 0. The van der Waals surface area contributed by atoms with E-state index in [1.165, 1.54) is 0 Å². The van der Waals surface area contributed by atoms with E-state index >= 15 is 0 Å². The van der Waals surface area contributed by atoms with Crippen LogP contribution in [0.25, 0.3) is 0 Å². The van der Waals surface area contributed by atoms with E-state index in [-0.39, 0.29) is 689 Å². The standard InChI is InChI=1S/10Cs.10H2O4S/c;;;;;;;;;;10*1-5(2,3)4/h;;;;;;;;;;10*(H2,1,2,3,4)/q10*+1;;;;;;;;;;/p-10. The van der Waals surface area contributed by atoms with Crippen LogP contribution in [-0.2, 0) is 104 Å². The monoisotopic (exact) mass is 2300 g/mol. The molecular weight excluding hydrogens is 2290 g/mol. The van der Waals surface area contributed by atoms with Gasteiger partial charge in [-0.25, -0.2) is 0 Å². The minimum Gasteiger partial charge on any atom is -0.759 e. The Bertz CT molecular complexity index is 1410. The number of rotatable bonds is 0. The normalized spacial score (nSPS) is 9.67. The van der Waals surface area contributed by atoms with Gasteiger partial charge in [0.05, 0.1) is 0 Å². The van der Waals surface area contributed by atoms with E-state index in [1.54, 1.807) is 0 Å². The Kier molecular flexibility index (Phi) is 171. The minimum absolute atomic E-state index is 0. The molecule has 320 valence electrons. The predicted molar refractivity (Wildman–Crippen MR) is 123 cm³/mol. The predicted octanol–water partition coefficient (Wildman–Crippen LogP) is -39.9. The first-order chi connectivity index (χ1) is 20.0. The zero-order valence-corrected chi connectivity index (χ0v) is 102. The molecule has 0 bridgehead atoms. The average Bonchev–Trinajstić information content (AvgIpc) is 2.34. The Morgan fingerprint density at radius 3 is 0.167 bits per heavy atom. The summed E-state index contributed by atoms with van der Waals surface area (Å²) in [5, 5.41) is 0. The first kappa shape index (κ1) is 138. The molecule has 0 aliphatic carbocycles. The molecule has 0 aromatic heterocycles. The second-order valence-corrected chi connectivity index (χ2v) is 12.8. The molecule has 0 spiro atoms. The molecule has 0 unspecified atom stereocenters. The summed E-state index contributed by atoms with van der Waals surface area (Å²) in [6.45, 7) is 0. The maximum Gasteiger partial charge on any atom is 1.00 e. The van der Waals surface area contributed by atoms with Crippen LogP contribution in [0.5, 0.6) is 0 Å². The van der Waals surface area contributed by atoms with Crippen LogP contribution in [0.3, 0.4) is 0 Å². The molecule has 0 saturated heterocycles. The summed E-state index contributed by atoms with van der Waals surface area (Å²) in [5.41, 5.74) is 0. The van der Waals surface area contributed by atoms with E-state index in [0.717, 1.165) is 0 Å². The van der Waals surface area contributed by atoms with Crippen LogP contribution >= 0.6 is 0 Å². The van der Waals surface area contributed by atoms with Gasteiger partial charge in [-0.2, -0.15) is 42.1 Å². The van der Waals surface area contributed by atoms with Gasteiger partial charge < -0.3 is 45.5 Å². The first-order valence-electron chi connectivity index (χ1n) is 6.83. The van der Waals surface area contributed by atoms with Gasteiger partial charge in [0.2, 0.25) is 0 Å². The average molecular weight is 2300 g/mol. The van der Waals surface area contributed by atoms with Gasteiger partial charge in [-0.05, 0) is 0 Å². The third kappa shape index (κ3) is 1210. The summed E-state index contributed by atoms with van der Waals surface area (Å²) in [6.07, 6.45) is 0. The molecule has 10 N–H and O–H groups in total. The van der Waals surface area contributed by atoms with Gasteiger partial charge in [-0.15, -0.1) is 0 Å². The van der Waals surface area contributed by atoms with Crippen molar-refractivity contribution < 1.29 is 864 Å². The number of hydrogen-bond donors (Lipinski definition) is 10. The summed E-state index contributed by atoms with van der Waals surface area (Å²) in [6, 6.07) is 0. The van der Waals surface area contributed by atoms with Crippen molar-refractivity contribution in [2.45, 2.75) is 0 Å². The van der Waals surface area contributed by atoms with E-state index in [0.29, 0.717) is 0 Å². The molecular formula is H10Cs10O40S10. The van der Waals surface area contributed by atoms with Gasteiger partial charge >= 0.3 is 741 Å². The molecule has 0 aromatic carbocycles. The van der Waals surface area contributed by atoms with Gasteiger partial charge in [-0.1, -0.05) is 0 Å². The molecule has 0 radical (unpaired) electrons.